The van der Waals surface area contributed by atoms with Crippen LogP contribution in [0.25, 0.3) is 0 Å². The summed E-state index contributed by atoms with van der Waals surface area (Å²) in [7, 11) is 1.75. The summed E-state index contributed by atoms with van der Waals surface area (Å²) in [4.78, 5) is 0. The number of hydrogen-bond acceptors (Lipinski definition) is 3. The van der Waals surface area contributed by atoms with E-state index in [0.29, 0.717) is 6.04 Å². The maximum atomic E-state index is 5.55. The zero-order chi connectivity index (χ0) is 15.1. The zero-order valence-corrected chi connectivity index (χ0v) is 13.9. The summed E-state index contributed by atoms with van der Waals surface area (Å²) in [6.07, 6.45) is 11.2. The second-order valence-corrected chi connectivity index (χ2v) is 6.16. The van der Waals surface area contributed by atoms with Crippen LogP contribution in [0.5, 0.6) is 5.75 Å². The Morgan fingerprint density at radius 1 is 1.38 bits per heavy atom. The summed E-state index contributed by atoms with van der Waals surface area (Å²) in [6.45, 7) is 6.31. The van der Waals surface area contributed by atoms with E-state index >= 15 is 0 Å². The molecule has 0 radical (unpaired) electrons. The minimum Gasteiger partial charge on any atom is -0.493 e. The Balaban J connectivity index is 2.09. The quantitative estimate of drug-likeness (QED) is 0.750. The third-order valence-electron chi connectivity index (χ3n) is 4.62. The Bertz CT molecular complexity index is 410. The SMILES string of the molecule is CCCn1ncc(OC)c1C(CCC1CCCC1)NCC. The van der Waals surface area contributed by atoms with E-state index in [-0.39, 0.29) is 0 Å². The fourth-order valence-electron chi connectivity index (χ4n) is 3.56. The second-order valence-electron chi connectivity index (χ2n) is 6.16. The van der Waals surface area contributed by atoms with Crippen molar-refractivity contribution in [1.29, 1.82) is 0 Å². The van der Waals surface area contributed by atoms with E-state index in [1.807, 2.05) is 6.20 Å². The monoisotopic (exact) mass is 293 g/mol. The summed E-state index contributed by atoms with van der Waals surface area (Å²) in [5.74, 6) is 1.86. The molecular formula is C17H31N3O. The molecule has 0 aromatic carbocycles. The minimum atomic E-state index is 0.361. The van der Waals surface area contributed by atoms with Crippen LogP contribution in [0, 0.1) is 5.92 Å². The molecule has 120 valence electrons. The van der Waals surface area contributed by atoms with Crippen LogP contribution in [0.15, 0.2) is 6.20 Å². The van der Waals surface area contributed by atoms with Gasteiger partial charge in [0.25, 0.3) is 0 Å². The van der Waals surface area contributed by atoms with Crippen LogP contribution < -0.4 is 10.1 Å². The van der Waals surface area contributed by atoms with E-state index < -0.39 is 0 Å². The molecule has 1 fully saturated rings. The molecule has 1 atom stereocenters. The fraction of sp³-hybridized carbons (Fsp3) is 0.824. The zero-order valence-electron chi connectivity index (χ0n) is 13.9. The summed E-state index contributed by atoms with van der Waals surface area (Å²) in [5, 5.41) is 8.15. The van der Waals surface area contributed by atoms with Gasteiger partial charge in [0.1, 0.15) is 0 Å². The van der Waals surface area contributed by atoms with Gasteiger partial charge in [0.05, 0.1) is 25.0 Å². The van der Waals surface area contributed by atoms with Crippen molar-refractivity contribution in [2.45, 2.75) is 71.4 Å². The number of ether oxygens (including phenoxy) is 1. The number of nitrogens with one attached hydrogen (secondary N) is 1. The van der Waals surface area contributed by atoms with Gasteiger partial charge < -0.3 is 10.1 Å². The lowest BCUT2D eigenvalue weighted by molar-refractivity contribution is 0.366. The lowest BCUT2D eigenvalue weighted by atomic mass is 9.96. The average Bonchev–Trinajstić information content (AvgIpc) is 3.13. The highest BCUT2D eigenvalue weighted by Crippen LogP contribution is 2.34. The molecule has 1 aromatic rings. The van der Waals surface area contributed by atoms with Crippen molar-refractivity contribution in [2.75, 3.05) is 13.7 Å². The highest BCUT2D eigenvalue weighted by molar-refractivity contribution is 5.28. The molecule has 21 heavy (non-hydrogen) atoms. The van der Waals surface area contributed by atoms with Crippen LogP contribution in [0.2, 0.25) is 0 Å². The number of methoxy groups -OCH3 is 1. The first kappa shape index (κ1) is 16.3. The Morgan fingerprint density at radius 3 is 2.76 bits per heavy atom. The van der Waals surface area contributed by atoms with Gasteiger partial charge >= 0.3 is 0 Å². The Morgan fingerprint density at radius 2 is 2.14 bits per heavy atom. The predicted molar refractivity (Wildman–Crippen MR) is 86.7 cm³/mol. The maximum absolute atomic E-state index is 5.55. The molecule has 1 saturated carbocycles. The van der Waals surface area contributed by atoms with Gasteiger partial charge in [-0.15, -0.1) is 0 Å². The van der Waals surface area contributed by atoms with Crippen molar-refractivity contribution >= 4 is 0 Å². The number of nitrogens with zero attached hydrogens (tertiary/aromatic N) is 2. The fourth-order valence-corrected chi connectivity index (χ4v) is 3.56. The Kier molecular flexibility index (Phi) is 6.55. The van der Waals surface area contributed by atoms with Crippen molar-refractivity contribution in [1.82, 2.24) is 15.1 Å². The van der Waals surface area contributed by atoms with Gasteiger partial charge in [-0.1, -0.05) is 39.5 Å². The van der Waals surface area contributed by atoms with Gasteiger partial charge in [-0.3, -0.25) is 4.68 Å². The van der Waals surface area contributed by atoms with E-state index in [1.165, 1.54) is 44.2 Å². The second kappa shape index (κ2) is 8.42. The van der Waals surface area contributed by atoms with Crippen molar-refractivity contribution in [3.8, 4) is 5.75 Å². The minimum absolute atomic E-state index is 0.361. The summed E-state index contributed by atoms with van der Waals surface area (Å²) in [6, 6.07) is 0.361. The molecule has 1 aliphatic rings. The van der Waals surface area contributed by atoms with Crippen molar-refractivity contribution in [2.24, 2.45) is 5.92 Å². The number of hydrogen-bond donors (Lipinski definition) is 1. The molecule has 0 amide bonds. The molecular weight excluding hydrogens is 262 g/mol. The third-order valence-corrected chi connectivity index (χ3v) is 4.62. The highest BCUT2D eigenvalue weighted by atomic mass is 16.5. The summed E-state index contributed by atoms with van der Waals surface area (Å²) < 4.78 is 7.67. The largest absolute Gasteiger partial charge is 0.493 e. The molecule has 1 heterocycles. The van der Waals surface area contributed by atoms with E-state index in [1.54, 1.807) is 7.11 Å². The number of rotatable bonds is 9. The van der Waals surface area contributed by atoms with Gasteiger partial charge in [0, 0.05) is 6.54 Å². The first-order valence-electron chi connectivity index (χ1n) is 8.63. The Labute approximate surface area is 129 Å². The molecule has 1 N–H and O–H groups in total. The van der Waals surface area contributed by atoms with Crippen molar-refractivity contribution < 1.29 is 4.74 Å². The smallest absolute Gasteiger partial charge is 0.161 e. The summed E-state index contributed by atoms with van der Waals surface area (Å²) in [5.41, 5.74) is 1.24. The first-order chi connectivity index (χ1) is 10.3. The van der Waals surface area contributed by atoms with Gasteiger partial charge in [-0.25, -0.2) is 0 Å². The third kappa shape index (κ3) is 4.22. The van der Waals surface area contributed by atoms with E-state index in [9.17, 15) is 0 Å². The molecule has 0 spiro atoms. The molecule has 4 heteroatoms. The molecule has 1 aliphatic carbocycles. The first-order valence-corrected chi connectivity index (χ1v) is 8.63. The van der Waals surface area contributed by atoms with Gasteiger partial charge in [0.15, 0.2) is 5.75 Å². The van der Waals surface area contributed by atoms with Crippen LogP contribution in [-0.2, 0) is 6.54 Å². The van der Waals surface area contributed by atoms with E-state index in [0.717, 1.165) is 31.2 Å². The van der Waals surface area contributed by atoms with Gasteiger partial charge in [-0.05, 0) is 31.7 Å². The van der Waals surface area contributed by atoms with Gasteiger partial charge in [0.2, 0.25) is 0 Å². The van der Waals surface area contributed by atoms with Crippen LogP contribution in [0.1, 0.15) is 70.5 Å². The van der Waals surface area contributed by atoms with Crippen molar-refractivity contribution in [3.63, 3.8) is 0 Å². The molecule has 0 saturated heterocycles. The van der Waals surface area contributed by atoms with Crippen LogP contribution >= 0.6 is 0 Å². The lowest BCUT2D eigenvalue weighted by Gasteiger charge is -2.22. The molecule has 4 nitrogen and oxygen atoms in total. The molecule has 1 aromatic heterocycles. The van der Waals surface area contributed by atoms with Gasteiger partial charge in [-0.2, -0.15) is 5.10 Å². The summed E-state index contributed by atoms with van der Waals surface area (Å²) >= 11 is 0. The predicted octanol–water partition coefficient (Wildman–Crippen LogP) is 3.92. The average molecular weight is 293 g/mol. The molecule has 2 rings (SSSR count). The maximum Gasteiger partial charge on any atom is 0.161 e. The normalized spacial score (nSPS) is 17.3. The van der Waals surface area contributed by atoms with Crippen LogP contribution in [0.4, 0.5) is 0 Å². The van der Waals surface area contributed by atoms with E-state index in [4.69, 9.17) is 4.74 Å². The van der Waals surface area contributed by atoms with Crippen molar-refractivity contribution in [3.05, 3.63) is 11.9 Å². The molecule has 0 aliphatic heterocycles. The molecule has 0 bridgehead atoms. The van der Waals surface area contributed by atoms with Crippen LogP contribution in [-0.4, -0.2) is 23.4 Å². The topological polar surface area (TPSA) is 39.1 Å². The van der Waals surface area contributed by atoms with Crippen LogP contribution in [0.3, 0.4) is 0 Å². The van der Waals surface area contributed by atoms with E-state index in [2.05, 4.69) is 28.9 Å². The molecule has 1 unspecified atom stereocenters. The Hall–Kier alpha value is -1.03. The lowest BCUT2D eigenvalue weighted by Crippen LogP contribution is -2.25. The number of aromatic nitrogens is 2. The number of aryl methyl sites for hydroxylation is 1. The standard InChI is InChI=1S/C17H31N3O/c1-4-12-20-17(16(21-3)13-19-20)15(18-5-2)11-10-14-8-6-7-9-14/h13-15,18H,4-12H2,1-3H3. The highest BCUT2D eigenvalue weighted by Gasteiger charge is 2.23.